The molecule has 0 saturated heterocycles. The lowest BCUT2D eigenvalue weighted by Crippen LogP contribution is -2.10. The molecule has 0 atom stereocenters. The van der Waals surface area contributed by atoms with Crippen LogP contribution < -0.4 is 0 Å². The van der Waals surface area contributed by atoms with Gasteiger partial charge in [0.15, 0.2) is 10.2 Å². The highest BCUT2D eigenvalue weighted by molar-refractivity contribution is 8.01. The smallest absolute Gasteiger partial charge is 0.265 e. The van der Waals surface area contributed by atoms with Gasteiger partial charge < -0.3 is 0 Å². The first kappa shape index (κ1) is 16.9. The van der Waals surface area contributed by atoms with Crippen molar-refractivity contribution in [2.45, 2.75) is 15.5 Å². The maximum Gasteiger partial charge on any atom is 0.433 e. The third kappa shape index (κ3) is 3.54. The second-order valence-electron chi connectivity index (χ2n) is 5.20. The van der Waals surface area contributed by atoms with Gasteiger partial charge in [-0.2, -0.15) is 13.2 Å². The van der Waals surface area contributed by atoms with Gasteiger partial charge in [-0.25, -0.2) is 15.0 Å². The number of fused-ring (bicyclic) bond motifs is 1. The summed E-state index contributed by atoms with van der Waals surface area (Å²) in [5.41, 5.74) is 0.291. The van der Waals surface area contributed by atoms with Crippen LogP contribution in [0, 0.1) is 0 Å². The number of hydrogen-bond donors (Lipinski definition) is 0. The molecule has 0 N–H and O–H groups in total. The Bertz CT molecular complexity index is 1030. The van der Waals surface area contributed by atoms with Crippen molar-refractivity contribution < 1.29 is 13.2 Å². The lowest BCUT2D eigenvalue weighted by atomic mass is 10.2. The zero-order valence-corrected chi connectivity index (χ0v) is 14.6. The van der Waals surface area contributed by atoms with Gasteiger partial charge in [0, 0.05) is 24.0 Å². The minimum Gasteiger partial charge on any atom is -0.265 e. The molecule has 9 heteroatoms. The highest BCUT2D eigenvalue weighted by Crippen LogP contribution is 2.37. The fourth-order valence-electron chi connectivity index (χ4n) is 2.24. The molecule has 4 nitrogen and oxygen atoms in total. The number of aromatic nitrogens is 4. The van der Waals surface area contributed by atoms with E-state index >= 15 is 0 Å². The van der Waals surface area contributed by atoms with Crippen molar-refractivity contribution in [3.05, 3.63) is 60.6 Å². The van der Waals surface area contributed by atoms with Gasteiger partial charge in [-0.3, -0.25) is 4.98 Å². The average Bonchev–Trinajstić information content (AvgIpc) is 3.03. The van der Waals surface area contributed by atoms with Crippen molar-refractivity contribution >= 4 is 33.3 Å². The SMILES string of the molecule is FC(F)(F)c1cc(Sc2nc3ccccc3s2)nc(-c2ccncc2)n1. The third-order valence-corrected chi connectivity index (χ3v) is 5.41. The summed E-state index contributed by atoms with van der Waals surface area (Å²) in [5.74, 6) is 0.00540. The molecule has 3 aromatic heterocycles. The number of halogens is 3. The number of nitrogens with zero attached hydrogens (tertiary/aromatic N) is 4. The first-order valence-electron chi connectivity index (χ1n) is 7.39. The van der Waals surface area contributed by atoms with Crippen LogP contribution in [0.3, 0.4) is 0 Å². The molecule has 4 aromatic rings. The maximum absolute atomic E-state index is 13.2. The van der Waals surface area contributed by atoms with Crippen molar-refractivity contribution in [3.63, 3.8) is 0 Å². The number of thiazole rings is 1. The second-order valence-corrected chi connectivity index (χ2v) is 7.50. The van der Waals surface area contributed by atoms with E-state index in [1.165, 1.54) is 23.7 Å². The van der Waals surface area contributed by atoms with Gasteiger partial charge in [0.2, 0.25) is 0 Å². The van der Waals surface area contributed by atoms with E-state index in [9.17, 15) is 13.2 Å². The van der Waals surface area contributed by atoms with Crippen molar-refractivity contribution in [2.75, 3.05) is 0 Å². The lowest BCUT2D eigenvalue weighted by Gasteiger charge is -2.09. The summed E-state index contributed by atoms with van der Waals surface area (Å²) in [7, 11) is 0. The van der Waals surface area contributed by atoms with Crippen LogP contribution in [0.25, 0.3) is 21.6 Å². The first-order chi connectivity index (χ1) is 12.5. The molecule has 26 heavy (non-hydrogen) atoms. The molecule has 0 fully saturated rings. The van der Waals surface area contributed by atoms with Crippen LogP contribution in [-0.2, 0) is 6.18 Å². The third-order valence-electron chi connectivity index (χ3n) is 3.40. The quantitative estimate of drug-likeness (QED) is 0.443. The molecule has 0 radical (unpaired) electrons. The zero-order valence-electron chi connectivity index (χ0n) is 12.9. The predicted molar refractivity (Wildman–Crippen MR) is 94.0 cm³/mol. The molecule has 0 saturated carbocycles. The Kier molecular flexibility index (Phi) is 4.33. The number of hydrogen-bond acceptors (Lipinski definition) is 6. The van der Waals surface area contributed by atoms with Gasteiger partial charge >= 0.3 is 6.18 Å². The highest BCUT2D eigenvalue weighted by atomic mass is 32.2. The summed E-state index contributed by atoms with van der Waals surface area (Å²) in [6.07, 6.45) is -1.59. The molecular weight excluding hydrogens is 381 g/mol. The van der Waals surface area contributed by atoms with Crippen LogP contribution in [0.1, 0.15) is 5.69 Å². The van der Waals surface area contributed by atoms with Gasteiger partial charge in [-0.05, 0) is 36.0 Å². The summed E-state index contributed by atoms with van der Waals surface area (Å²) in [6.45, 7) is 0. The minimum absolute atomic E-state index is 0.00540. The van der Waals surface area contributed by atoms with Crippen LogP contribution in [0.4, 0.5) is 13.2 Å². The highest BCUT2D eigenvalue weighted by Gasteiger charge is 2.34. The number of benzene rings is 1. The first-order valence-corrected chi connectivity index (χ1v) is 9.02. The number of para-hydroxylation sites is 1. The summed E-state index contributed by atoms with van der Waals surface area (Å²) in [6, 6.07) is 11.6. The lowest BCUT2D eigenvalue weighted by molar-refractivity contribution is -0.141. The second kappa shape index (κ2) is 6.65. The molecule has 0 unspecified atom stereocenters. The molecule has 0 aliphatic rings. The van der Waals surface area contributed by atoms with Crippen molar-refractivity contribution in [1.29, 1.82) is 0 Å². The van der Waals surface area contributed by atoms with E-state index in [-0.39, 0.29) is 10.9 Å². The van der Waals surface area contributed by atoms with E-state index in [1.54, 1.807) is 12.1 Å². The molecule has 0 bridgehead atoms. The Morgan fingerprint density at radius 1 is 0.923 bits per heavy atom. The normalized spacial score (nSPS) is 11.8. The summed E-state index contributed by atoms with van der Waals surface area (Å²) in [5, 5.41) is 0.193. The molecule has 130 valence electrons. The molecular formula is C17H9F3N4S2. The number of rotatable bonds is 3. The molecule has 0 amide bonds. The van der Waals surface area contributed by atoms with E-state index in [4.69, 9.17) is 0 Å². The monoisotopic (exact) mass is 390 g/mol. The fraction of sp³-hybridized carbons (Fsp3) is 0.0588. The Morgan fingerprint density at radius 2 is 1.69 bits per heavy atom. The summed E-state index contributed by atoms with van der Waals surface area (Å²) < 4.78 is 41.3. The van der Waals surface area contributed by atoms with Crippen LogP contribution in [0.2, 0.25) is 0 Å². The van der Waals surface area contributed by atoms with Crippen LogP contribution in [0.5, 0.6) is 0 Å². The van der Waals surface area contributed by atoms with Gasteiger partial charge in [0.05, 0.1) is 10.2 Å². The molecule has 4 rings (SSSR count). The van der Waals surface area contributed by atoms with E-state index in [2.05, 4.69) is 19.9 Å². The van der Waals surface area contributed by atoms with Crippen molar-refractivity contribution in [3.8, 4) is 11.4 Å². The average molecular weight is 390 g/mol. The van der Waals surface area contributed by atoms with E-state index in [0.717, 1.165) is 28.0 Å². The van der Waals surface area contributed by atoms with Crippen LogP contribution in [0.15, 0.2) is 64.2 Å². The fourth-order valence-corrected chi connectivity index (χ4v) is 4.25. The Balaban J connectivity index is 1.77. The van der Waals surface area contributed by atoms with Gasteiger partial charge in [-0.1, -0.05) is 12.1 Å². The van der Waals surface area contributed by atoms with Crippen molar-refractivity contribution in [2.24, 2.45) is 0 Å². The summed E-state index contributed by atoms with van der Waals surface area (Å²) >= 11 is 2.50. The number of alkyl halides is 3. The topological polar surface area (TPSA) is 51.6 Å². The maximum atomic E-state index is 13.2. The van der Waals surface area contributed by atoms with Gasteiger partial charge in [0.25, 0.3) is 0 Å². The van der Waals surface area contributed by atoms with E-state index in [1.807, 2.05) is 24.3 Å². The molecule has 0 aliphatic heterocycles. The Morgan fingerprint density at radius 3 is 2.42 bits per heavy atom. The predicted octanol–water partition coefficient (Wildman–Crippen LogP) is 5.32. The van der Waals surface area contributed by atoms with Crippen LogP contribution >= 0.6 is 23.1 Å². The Hall–Kier alpha value is -2.52. The van der Waals surface area contributed by atoms with Gasteiger partial charge in [-0.15, -0.1) is 11.3 Å². The molecule has 0 spiro atoms. The standard InChI is InChI=1S/C17H9F3N4S2/c18-17(19,20)13-9-14(24-15(23-13)10-5-7-21-8-6-10)26-16-22-11-3-1-2-4-12(11)25-16/h1-9H. The van der Waals surface area contributed by atoms with Crippen LogP contribution in [-0.4, -0.2) is 19.9 Å². The zero-order chi connectivity index (χ0) is 18.1. The Labute approximate surface area is 154 Å². The molecule has 1 aromatic carbocycles. The van der Waals surface area contributed by atoms with E-state index in [0.29, 0.717) is 9.90 Å². The van der Waals surface area contributed by atoms with Gasteiger partial charge in [0.1, 0.15) is 10.7 Å². The summed E-state index contributed by atoms with van der Waals surface area (Å²) in [4.78, 5) is 16.2. The minimum atomic E-state index is -4.56. The molecule has 3 heterocycles. The van der Waals surface area contributed by atoms with E-state index < -0.39 is 11.9 Å². The largest absolute Gasteiger partial charge is 0.433 e. The molecule has 0 aliphatic carbocycles. The van der Waals surface area contributed by atoms with Crippen molar-refractivity contribution in [1.82, 2.24) is 19.9 Å². The number of pyridine rings is 1.